The Labute approximate surface area is 88.5 Å². The third-order valence-electron chi connectivity index (χ3n) is 4.21. The zero-order valence-corrected chi connectivity index (χ0v) is 8.77. The van der Waals surface area contributed by atoms with Crippen LogP contribution < -0.4 is 0 Å². The summed E-state index contributed by atoms with van der Waals surface area (Å²) >= 11 is 0. The van der Waals surface area contributed by atoms with Crippen molar-refractivity contribution in [3.8, 4) is 0 Å². The monoisotopic (exact) mass is 214 g/mol. The van der Waals surface area contributed by atoms with Crippen molar-refractivity contribution >= 4 is 0 Å². The summed E-state index contributed by atoms with van der Waals surface area (Å²) in [5, 5.41) is 0. The minimum absolute atomic E-state index is 0.0821. The molecule has 2 unspecified atom stereocenters. The molecule has 0 aliphatic heterocycles. The maximum Gasteiger partial charge on any atom is 0.118 e. The predicted octanol–water partition coefficient (Wildman–Crippen LogP) is 3.30. The van der Waals surface area contributed by atoms with Crippen LogP contribution in [0.5, 0.6) is 0 Å². The highest BCUT2D eigenvalue weighted by Crippen LogP contribution is 2.63. The molecule has 15 heavy (non-hydrogen) atoms. The standard InChI is InChI=1S/C12H16F2O/c1-2-15-12-5-9-3-10(13,7-12)6-11(14,4-9)8-12/h2,9H,1,3-8H2. The molecule has 0 aromatic heterocycles. The van der Waals surface area contributed by atoms with Crippen molar-refractivity contribution in [3.63, 3.8) is 0 Å². The summed E-state index contributed by atoms with van der Waals surface area (Å²) in [7, 11) is 0. The number of hydrogen-bond donors (Lipinski definition) is 0. The quantitative estimate of drug-likeness (QED) is 0.641. The van der Waals surface area contributed by atoms with E-state index in [0.717, 1.165) is 6.42 Å². The van der Waals surface area contributed by atoms with Gasteiger partial charge in [0.2, 0.25) is 0 Å². The van der Waals surface area contributed by atoms with Gasteiger partial charge in [-0.05, 0) is 25.2 Å². The number of hydrogen-bond acceptors (Lipinski definition) is 1. The van der Waals surface area contributed by atoms with Gasteiger partial charge in [-0.2, -0.15) is 0 Å². The van der Waals surface area contributed by atoms with Crippen LogP contribution in [0.3, 0.4) is 0 Å². The first-order valence-corrected chi connectivity index (χ1v) is 5.63. The lowest BCUT2D eigenvalue weighted by atomic mass is 9.51. The average Bonchev–Trinajstić information content (AvgIpc) is 1.94. The zero-order chi connectivity index (χ0) is 10.7. The highest BCUT2D eigenvalue weighted by molar-refractivity contribution is 5.16. The summed E-state index contributed by atoms with van der Waals surface area (Å²) in [6.45, 7) is 3.52. The van der Waals surface area contributed by atoms with E-state index in [9.17, 15) is 8.78 Å². The first kappa shape index (κ1) is 9.61. The Morgan fingerprint density at radius 1 is 1.07 bits per heavy atom. The fraction of sp³-hybridized carbons (Fsp3) is 0.833. The third kappa shape index (κ3) is 1.31. The van der Waals surface area contributed by atoms with Gasteiger partial charge in [0.15, 0.2) is 0 Å². The molecule has 1 nitrogen and oxygen atoms in total. The number of alkyl halides is 2. The van der Waals surface area contributed by atoms with E-state index in [1.165, 1.54) is 6.26 Å². The lowest BCUT2D eigenvalue weighted by molar-refractivity contribution is -0.211. The summed E-state index contributed by atoms with van der Waals surface area (Å²) in [6, 6.07) is 0. The van der Waals surface area contributed by atoms with E-state index in [0.29, 0.717) is 25.7 Å². The molecule has 0 aromatic rings. The Morgan fingerprint density at radius 3 is 2.13 bits per heavy atom. The molecule has 0 N–H and O–H groups in total. The lowest BCUT2D eigenvalue weighted by Crippen LogP contribution is -2.63. The molecule has 0 spiro atoms. The van der Waals surface area contributed by atoms with Crippen LogP contribution in [0.25, 0.3) is 0 Å². The van der Waals surface area contributed by atoms with E-state index in [1.807, 2.05) is 0 Å². The molecular formula is C12H16F2O. The van der Waals surface area contributed by atoms with E-state index in [4.69, 9.17) is 4.74 Å². The van der Waals surface area contributed by atoms with Crippen molar-refractivity contribution in [2.24, 2.45) is 5.92 Å². The van der Waals surface area contributed by atoms with Crippen molar-refractivity contribution < 1.29 is 13.5 Å². The molecule has 0 saturated heterocycles. The van der Waals surface area contributed by atoms with E-state index >= 15 is 0 Å². The molecule has 0 heterocycles. The minimum atomic E-state index is -1.32. The smallest absolute Gasteiger partial charge is 0.118 e. The topological polar surface area (TPSA) is 9.23 Å². The van der Waals surface area contributed by atoms with Crippen LogP contribution in [0.4, 0.5) is 8.78 Å². The Morgan fingerprint density at radius 2 is 1.67 bits per heavy atom. The maximum atomic E-state index is 14.3. The van der Waals surface area contributed by atoms with Crippen LogP contribution in [0, 0.1) is 5.92 Å². The van der Waals surface area contributed by atoms with Gasteiger partial charge in [-0.1, -0.05) is 6.58 Å². The normalized spacial score (nSPS) is 56.8. The SMILES string of the molecule is C=COC12CC3CC(F)(CC(F)(C3)C1)C2. The second kappa shape index (κ2) is 2.55. The number of halogens is 2. The van der Waals surface area contributed by atoms with Gasteiger partial charge in [0.05, 0.1) is 6.26 Å². The van der Waals surface area contributed by atoms with E-state index in [1.54, 1.807) is 0 Å². The highest BCUT2D eigenvalue weighted by atomic mass is 19.2. The summed E-state index contributed by atoms with van der Waals surface area (Å²) in [5.41, 5.74) is -3.24. The van der Waals surface area contributed by atoms with E-state index in [-0.39, 0.29) is 12.3 Å². The summed E-state index contributed by atoms with van der Waals surface area (Å²) in [5.74, 6) is 0.163. The first-order valence-electron chi connectivity index (χ1n) is 5.63. The molecule has 0 aromatic carbocycles. The van der Waals surface area contributed by atoms with Crippen molar-refractivity contribution in [2.75, 3.05) is 0 Å². The molecule has 4 aliphatic rings. The Kier molecular flexibility index (Phi) is 1.64. The molecule has 4 aliphatic carbocycles. The first-order chi connectivity index (χ1) is 6.97. The van der Waals surface area contributed by atoms with Crippen LogP contribution in [-0.2, 0) is 4.74 Å². The lowest BCUT2D eigenvalue weighted by Gasteiger charge is -2.60. The summed E-state index contributed by atoms with van der Waals surface area (Å²) < 4.78 is 34.1. The van der Waals surface area contributed by atoms with Gasteiger partial charge in [-0.15, -0.1) is 0 Å². The van der Waals surface area contributed by atoms with Gasteiger partial charge in [0.25, 0.3) is 0 Å². The summed E-state index contributed by atoms with van der Waals surface area (Å²) in [6.07, 6.45) is 4.00. The van der Waals surface area contributed by atoms with E-state index in [2.05, 4.69) is 6.58 Å². The van der Waals surface area contributed by atoms with Crippen LogP contribution in [0.15, 0.2) is 12.8 Å². The fourth-order valence-electron chi connectivity index (χ4n) is 4.43. The molecule has 4 bridgehead atoms. The number of ether oxygens (including phenoxy) is 1. The van der Waals surface area contributed by atoms with E-state index < -0.39 is 16.9 Å². The second-order valence-corrected chi connectivity index (χ2v) is 5.78. The van der Waals surface area contributed by atoms with Gasteiger partial charge in [-0.3, -0.25) is 0 Å². The number of rotatable bonds is 2. The fourth-order valence-corrected chi connectivity index (χ4v) is 4.43. The van der Waals surface area contributed by atoms with Crippen LogP contribution >= 0.6 is 0 Å². The van der Waals surface area contributed by atoms with Crippen molar-refractivity contribution in [1.29, 1.82) is 0 Å². The molecule has 0 radical (unpaired) electrons. The van der Waals surface area contributed by atoms with Crippen molar-refractivity contribution in [2.45, 2.75) is 55.5 Å². The average molecular weight is 214 g/mol. The maximum absolute atomic E-state index is 14.3. The van der Waals surface area contributed by atoms with Gasteiger partial charge < -0.3 is 4.74 Å². The molecule has 3 heteroatoms. The molecular weight excluding hydrogens is 198 g/mol. The zero-order valence-electron chi connectivity index (χ0n) is 8.77. The van der Waals surface area contributed by atoms with Gasteiger partial charge >= 0.3 is 0 Å². The minimum Gasteiger partial charge on any atom is -0.495 e. The highest BCUT2D eigenvalue weighted by Gasteiger charge is 2.65. The molecule has 2 atom stereocenters. The van der Waals surface area contributed by atoms with Crippen molar-refractivity contribution in [1.82, 2.24) is 0 Å². The van der Waals surface area contributed by atoms with Crippen LogP contribution in [0.1, 0.15) is 38.5 Å². The predicted molar refractivity (Wildman–Crippen MR) is 52.9 cm³/mol. The van der Waals surface area contributed by atoms with Gasteiger partial charge in [-0.25, -0.2) is 8.78 Å². The largest absolute Gasteiger partial charge is 0.495 e. The summed E-state index contributed by atoms with van der Waals surface area (Å²) in [4.78, 5) is 0. The Bertz CT molecular complexity index is 297. The van der Waals surface area contributed by atoms with Crippen molar-refractivity contribution in [3.05, 3.63) is 12.8 Å². The van der Waals surface area contributed by atoms with Crippen LogP contribution in [0.2, 0.25) is 0 Å². The Hall–Kier alpha value is -0.600. The Balaban J connectivity index is 1.98. The molecule has 84 valence electrons. The molecule has 4 fully saturated rings. The molecule has 4 rings (SSSR count). The molecule has 0 amide bonds. The third-order valence-corrected chi connectivity index (χ3v) is 4.21. The van der Waals surface area contributed by atoms with Crippen LogP contribution in [-0.4, -0.2) is 16.9 Å². The van der Waals surface area contributed by atoms with Gasteiger partial charge in [0.1, 0.15) is 16.9 Å². The second-order valence-electron chi connectivity index (χ2n) is 5.78. The molecule has 4 saturated carbocycles. The van der Waals surface area contributed by atoms with Gasteiger partial charge in [0, 0.05) is 19.3 Å².